The first kappa shape index (κ1) is 24.4. The molecule has 0 spiro atoms. The second-order valence-corrected chi connectivity index (χ2v) is 10.4. The maximum Gasteiger partial charge on any atom is 0.253 e. The number of aryl methyl sites for hydroxylation is 1. The Labute approximate surface area is 184 Å². The molecule has 2 aromatic rings. The van der Waals surface area contributed by atoms with Crippen LogP contribution in [0.25, 0.3) is 0 Å². The van der Waals surface area contributed by atoms with Crippen molar-refractivity contribution in [2.24, 2.45) is 0 Å². The van der Waals surface area contributed by atoms with E-state index in [1.54, 1.807) is 36.4 Å². The second-order valence-electron chi connectivity index (χ2n) is 8.49. The Morgan fingerprint density at radius 2 is 1.61 bits per heavy atom. The molecule has 0 heterocycles. The van der Waals surface area contributed by atoms with Gasteiger partial charge in [0.05, 0.1) is 23.2 Å². The highest BCUT2D eigenvalue weighted by Gasteiger charge is 2.30. The molecule has 0 radical (unpaired) electrons. The van der Waals surface area contributed by atoms with Gasteiger partial charge in [-0.15, -0.1) is 0 Å². The molecular formula is C23H31N3O4S. The number of amides is 2. The molecule has 0 aliphatic carbocycles. The lowest BCUT2D eigenvalue weighted by Gasteiger charge is -2.28. The van der Waals surface area contributed by atoms with E-state index >= 15 is 0 Å². The zero-order valence-electron chi connectivity index (χ0n) is 18.9. The first-order valence-electron chi connectivity index (χ1n) is 10.1. The Kier molecular flexibility index (Phi) is 7.49. The minimum absolute atomic E-state index is 0.302. The fourth-order valence-electron chi connectivity index (χ4n) is 3.12. The number of para-hydroxylation sites is 1. The summed E-state index contributed by atoms with van der Waals surface area (Å²) in [4.78, 5) is 25.6. The molecule has 2 amide bonds. The van der Waals surface area contributed by atoms with Crippen LogP contribution in [0, 0.1) is 0 Å². The van der Waals surface area contributed by atoms with Crippen LogP contribution < -0.4 is 14.9 Å². The van der Waals surface area contributed by atoms with E-state index in [1.807, 2.05) is 39.8 Å². The molecule has 0 bridgehead atoms. The Morgan fingerprint density at radius 1 is 1.03 bits per heavy atom. The van der Waals surface area contributed by atoms with Gasteiger partial charge < -0.3 is 10.6 Å². The molecule has 0 aliphatic heterocycles. The third-order valence-corrected chi connectivity index (χ3v) is 5.85. The molecule has 7 nitrogen and oxygen atoms in total. The summed E-state index contributed by atoms with van der Waals surface area (Å²) in [7, 11) is -3.73. The predicted molar refractivity (Wildman–Crippen MR) is 125 cm³/mol. The van der Waals surface area contributed by atoms with E-state index < -0.39 is 27.5 Å². The third-order valence-electron chi connectivity index (χ3n) is 4.61. The molecule has 31 heavy (non-hydrogen) atoms. The number of carbonyl (C=O) groups is 2. The number of nitrogens with zero attached hydrogens (tertiary/aromatic N) is 1. The molecule has 2 N–H and O–H groups in total. The summed E-state index contributed by atoms with van der Waals surface area (Å²) in [5, 5.41) is 5.58. The first-order valence-corrected chi connectivity index (χ1v) is 12.0. The highest BCUT2D eigenvalue weighted by Crippen LogP contribution is 2.23. The number of hydrogen-bond acceptors (Lipinski definition) is 4. The molecule has 2 rings (SSSR count). The van der Waals surface area contributed by atoms with Crippen LogP contribution in [0.2, 0.25) is 0 Å². The van der Waals surface area contributed by atoms with E-state index in [9.17, 15) is 18.0 Å². The van der Waals surface area contributed by atoms with Gasteiger partial charge in [0.2, 0.25) is 15.9 Å². The number of benzene rings is 2. The highest BCUT2D eigenvalue weighted by atomic mass is 32.2. The average molecular weight is 446 g/mol. The predicted octanol–water partition coefficient (Wildman–Crippen LogP) is 3.57. The van der Waals surface area contributed by atoms with Gasteiger partial charge in [-0.1, -0.05) is 31.2 Å². The molecule has 0 saturated carbocycles. The van der Waals surface area contributed by atoms with Crippen LogP contribution in [0.5, 0.6) is 0 Å². The Bertz CT molecular complexity index is 1040. The summed E-state index contributed by atoms with van der Waals surface area (Å²) in [6.07, 6.45) is 1.89. The Hall–Kier alpha value is -2.87. The molecule has 0 aliphatic rings. The van der Waals surface area contributed by atoms with Crippen molar-refractivity contribution in [2.45, 2.75) is 52.6 Å². The smallest absolute Gasteiger partial charge is 0.253 e. The molecule has 0 saturated heterocycles. The molecule has 0 unspecified atom stereocenters. The summed E-state index contributed by atoms with van der Waals surface area (Å²) in [6.45, 7) is 9.11. The van der Waals surface area contributed by atoms with Gasteiger partial charge in [0, 0.05) is 5.54 Å². The molecule has 168 valence electrons. The molecule has 0 fully saturated rings. The third kappa shape index (κ3) is 6.55. The number of nitrogens with one attached hydrogen (secondary N) is 2. The molecule has 1 atom stereocenters. The number of carbonyl (C=O) groups excluding carboxylic acids is 2. The first-order chi connectivity index (χ1) is 14.3. The fraction of sp³-hybridized carbons (Fsp3) is 0.391. The minimum Gasteiger partial charge on any atom is -0.347 e. The standard InChI is InChI=1S/C23H31N3O4S/c1-7-17-12-14-18(15-13-17)26(31(6,29)30)16(2)21(27)24-20-11-9-8-10-19(20)22(28)25-23(3,4)5/h8-16H,7H2,1-6H3,(H,24,27)(H,25,28)/t16-/m1/s1. The fourth-order valence-corrected chi connectivity index (χ4v) is 4.30. The summed E-state index contributed by atoms with van der Waals surface area (Å²) in [5.41, 5.74) is 1.64. The maximum atomic E-state index is 13.0. The van der Waals surface area contributed by atoms with Crippen molar-refractivity contribution < 1.29 is 18.0 Å². The van der Waals surface area contributed by atoms with Crippen LogP contribution in [-0.2, 0) is 21.2 Å². The zero-order valence-corrected chi connectivity index (χ0v) is 19.7. The van der Waals surface area contributed by atoms with Gasteiger partial charge in [-0.2, -0.15) is 0 Å². The van der Waals surface area contributed by atoms with E-state index in [0.717, 1.165) is 22.5 Å². The van der Waals surface area contributed by atoms with Crippen molar-refractivity contribution in [3.63, 3.8) is 0 Å². The normalized spacial score (nSPS) is 12.7. The SMILES string of the molecule is CCc1ccc(N([C@H](C)C(=O)Nc2ccccc2C(=O)NC(C)(C)C)S(C)(=O)=O)cc1. The van der Waals surface area contributed by atoms with Gasteiger partial charge in [0.15, 0.2) is 0 Å². The van der Waals surface area contributed by atoms with Crippen molar-refractivity contribution >= 4 is 33.2 Å². The molecule has 2 aromatic carbocycles. The lowest BCUT2D eigenvalue weighted by atomic mass is 10.1. The van der Waals surface area contributed by atoms with Gasteiger partial charge >= 0.3 is 0 Å². The summed E-state index contributed by atoms with van der Waals surface area (Å²) in [6, 6.07) is 12.7. The van der Waals surface area contributed by atoms with Crippen molar-refractivity contribution in [1.29, 1.82) is 0 Å². The van der Waals surface area contributed by atoms with Crippen LogP contribution in [0.15, 0.2) is 48.5 Å². The second kappa shape index (κ2) is 9.51. The number of sulfonamides is 1. The monoisotopic (exact) mass is 445 g/mol. The lowest BCUT2D eigenvalue weighted by Crippen LogP contribution is -2.45. The number of hydrogen-bond donors (Lipinski definition) is 2. The van der Waals surface area contributed by atoms with Crippen LogP contribution in [0.1, 0.15) is 50.5 Å². The molecule has 0 aromatic heterocycles. The van der Waals surface area contributed by atoms with Gasteiger partial charge in [-0.3, -0.25) is 13.9 Å². The van der Waals surface area contributed by atoms with E-state index in [4.69, 9.17) is 0 Å². The summed E-state index contributed by atoms with van der Waals surface area (Å²) in [5.74, 6) is -0.868. The zero-order chi connectivity index (χ0) is 23.4. The van der Waals surface area contributed by atoms with Crippen LogP contribution in [0.3, 0.4) is 0 Å². The maximum absolute atomic E-state index is 13.0. The molecular weight excluding hydrogens is 414 g/mol. The van der Waals surface area contributed by atoms with Gasteiger partial charge in [-0.05, 0) is 63.9 Å². The van der Waals surface area contributed by atoms with E-state index in [1.165, 1.54) is 6.92 Å². The summed E-state index contributed by atoms with van der Waals surface area (Å²) >= 11 is 0. The van der Waals surface area contributed by atoms with Crippen LogP contribution in [-0.4, -0.2) is 38.1 Å². The number of rotatable bonds is 7. The Balaban J connectivity index is 2.32. The highest BCUT2D eigenvalue weighted by molar-refractivity contribution is 7.92. The van der Waals surface area contributed by atoms with Crippen molar-refractivity contribution in [3.8, 4) is 0 Å². The molecule has 8 heteroatoms. The van der Waals surface area contributed by atoms with Gasteiger partial charge in [0.1, 0.15) is 6.04 Å². The van der Waals surface area contributed by atoms with E-state index in [-0.39, 0.29) is 5.91 Å². The van der Waals surface area contributed by atoms with E-state index in [2.05, 4.69) is 10.6 Å². The van der Waals surface area contributed by atoms with Crippen molar-refractivity contribution in [3.05, 3.63) is 59.7 Å². The van der Waals surface area contributed by atoms with E-state index in [0.29, 0.717) is 16.9 Å². The minimum atomic E-state index is -3.73. The quantitative estimate of drug-likeness (QED) is 0.681. The lowest BCUT2D eigenvalue weighted by molar-refractivity contribution is -0.116. The topological polar surface area (TPSA) is 95.6 Å². The number of anilines is 2. The van der Waals surface area contributed by atoms with Gasteiger partial charge in [0.25, 0.3) is 5.91 Å². The van der Waals surface area contributed by atoms with Crippen LogP contribution in [0.4, 0.5) is 11.4 Å². The van der Waals surface area contributed by atoms with Crippen molar-refractivity contribution in [2.75, 3.05) is 15.9 Å². The van der Waals surface area contributed by atoms with Crippen molar-refractivity contribution in [1.82, 2.24) is 5.32 Å². The Morgan fingerprint density at radius 3 is 2.13 bits per heavy atom. The largest absolute Gasteiger partial charge is 0.347 e. The van der Waals surface area contributed by atoms with Crippen LogP contribution >= 0.6 is 0 Å². The average Bonchev–Trinajstić information content (AvgIpc) is 2.66. The summed E-state index contributed by atoms with van der Waals surface area (Å²) < 4.78 is 26.1. The van der Waals surface area contributed by atoms with Gasteiger partial charge in [-0.25, -0.2) is 8.42 Å².